The number of rotatable bonds is 58. The van der Waals surface area contributed by atoms with Crippen LogP contribution in [0.25, 0.3) is 0 Å². The number of hydrogen-bond acceptors (Lipinski definition) is 5. The lowest BCUT2D eigenvalue weighted by molar-refractivity contribution is -0.143. The van der Waals surface area contributed by atoms with Crippen LogP contribution in [0, 0.1) is 0 Å². The summed E-state index contributed by atoms with van der Waals surface area (Å²) < 4.78 is 5.49. The van der Waals surface area contributed by atoms with Crippen LogP contribution in [0.2, 0.25) is 0 Å². The molecule has 0 bridgehead atoms. The van der Waals surface area contributed by atoms with Crippen molar-refractivity contribution in [3.63, 3.8) is 0 Å². The average Bonchev–Trinajstić information content (AvgIpc) is 3.34. The number of ether oxygens (including phenoxy) is 1. The minimum absolute atomic E-state index is 0.0184. The number of unbranched alkanes of at least 4 members (excludes halogenated alkanes) is 45. The molecule has 0 rings (SSSR count). The van der Waals surface area contributed by atoms with Crippen molar-refractivity contribution in [2.75, 3.05) is 13.2 Å². The van der Waals surface area contributed by atoms with Crippen molar-refractivity contribution in [1.29, 1.82) is 0 Å². The Balaban J connectivity index is 3.33. The third-order valence-electron chi connectivity index (χ3n) is 14.6. The van der Waals surface area contributed by atoms with Crippen LogP contribution in [-0.4, -0.2) is 47.4 Å². The highest BCUT2D eigenvalue weighted by Crippen LogP contribution is 2.18. The molecule has 0 aliphatic rings. The van der Waals surface area contributed by atoms with Gasteiger partial charge in [-0.05, 0) is 51.4 Å². The summed E-state index contributed by atoms with van der Waals surface area (Å²) >= 11 is 0. The van der Waals surface area contributed by atoms with Crippen molar-refractivity contribution >= 4 is 11.9 Å². The number of nitrogens with one attached hydrogen (secondary N) is 1. The molecule has 2 unspecified atom stereocenters. The number of hydrogen-bond donors (Lipinski definition) is 3. The van der Waals surface area contributed by atoms with Crippen molar-refractivity contribution in [2.24, 2.45) is 0 Å². The number of aliphatic hydroxyl groups is 2. The lowest BCUT2D eigenvalue weighted by Crippen LogP contribution is -2.45. The smallest absolute Gasteiger partial charge is 0.305 e. The molecule has 0 heterocycles. The number of carbonyl (C=O) groups excluding carboxylic acids is 2. The molecular weight excluding hydrogens is 839 g/mol. The molecule has 0 aliphatic carbocycles. The van der Waals surface area contributed by atoms with Gasteiger partial charge >= 0.3 is 5.97 Å². The summed E-state index contributed by atoms with van der Waals surface area (Å²) in [5.41, 5.74) is 0. The lowest BCUT2D eigenvalue weighted by atomic mass is 10.0. The normalized spacial score (nSPS) is 12.6. The van der Waals surface area contributed by atoms with Crippen molar-refractivity contribution in [1.82, 2.24) is 5.32 Å². The van der Waals surface area contributed by atoms with Crippen LogP contribution in [0.1, 0.15) is 348 Å². The topological polar surface area (TPSA) is 95.9 Å². The second-order valence-electron chi connectivity index (χ2n) is 21.4. The zero-order valence-corrected chi connectivity index (χ0v) is 46.1. The zero-order chi connectivity index (χ0) is 49.3. The quantitative estimate of drug-likeness (QED) is 0.0321. The predicted octanol–water partition coefficient (Wildman–Crippen LogP) is 19.2. The van der Waals surface area contributed by atoms with Gasteiger partial charge in [0.2, 0.25) is 5.91 Å². The van der Waals surface area contributed by atoms with Crippen LogP contribution in [0.5, 0.6) is 0 Å². The molecule has 6 nitrogen and oxygen atoms in total. The van der Waals surface area contributed by atoms with Crippen LogP contribution in [0.15, 0.2) is 12.2 Å². The molecule has 1 amide bonds. The molecule has 0 spiro atoms. The summed E-state index contributed by atoms with van der Waals surface area (Å²) in [6.45, 7) is 4.95. The van der Waals surface area contributed by atoms with Gasteiger partial charge in [0.05, 0.1) is 25.4 Å². The van der Waals surface area contributed by atoms with E-state index in [2.05, 4.69) is 31.3 Å². The Hall–Kier alpha value is -1.40. The Morgan fingerprint density at radius 1 is 0.397 bits per heavy atom. The van der Waals surface area contributed by atoms with E-state index in [1.54, 1.807) is 0 Å². The van der Waals surface area contributed by atoms with Gasteiger partial charge in [0.15, 0.2) is 0 Å². The minimum atomic E-state index is -0.661. The molecule has 0 aromatic rings. The Morgan fingerprint density at radius 2 is 0.691 bits per heavy atom. The van der Waals surface area contributed by atoms with E-state index in [-0.39, 0.29) is 18.5 Å². The number of carbonyl (C=O) groups is 2. The average molecular weight is 961 g/mol. The molecular formula is C62H121NO5. The fraction of sp³-hybridized carbons (Fsp3) is 0.935. The summed E-state index contributed by atoms with van der Waals surface area (Å²) in [5.74, 6) is -0.0184. The first-order valence-electron chi connectivity index (χ1n) is 30.9. The Bertz CT molecular complexity index is 1020. The van der Waals surface area contributed by atoms with E-state index < -0.39 is 12.1 Å². The largest absolute Gasteiger partial charge is 0.466 e. The van der Waals surface area contributed by atoms with E-state index >= 15 is 0 Å². The molecule has 404 valence electrons. The van der Waals surface area contributed by atoms with Crippen LogP contribution >= 0.6 is 0 Å². The summed E-state index contributed by atoms with van der Waals surface area (Å²) in [5, 5.41) is 23.1. The van der Waals surface area contributed by atoms with E-state index in [0.717, 1.165) is 38.5 Å². The number of aliphatic hydroxyl groups excluding tert-OH is 2. The van der Waals surface area contributed by atoms with Crippen LogP contribution in [0.4, 0.5) is 0 Å². The van der Waals surface area contributed by atoms with E-state index in [4.69, 9.17) is 4.74 Å². The Labute approximate surface area is 425 Å². The summed E-state index contributed by atoms with van der Waals surface area (Å²) in [7, 11) is 0. The maximum absolute atomic E-state index is 12.4. The van der Waals surface area contributed by atoms with E-state index in [0.29, 0.717) is 25.9 Å². The maximum atomic E-state index is 12.4. The highest BCUT2D eigenvalue weighted by Gasteiger charge is 2.20. The second kappa shape index (κ2) is 58.2. The van der Waals surface area contributed by atoms with Crippen LogP contribution < -0.4 is 5.32 Å². The van der Waals surface area contributed by atoms with Crippen LogP contribution in [0.3, 0.4) is 0 Å². The Morgan fingerprint density at radius 3 is 1.04 bits per heavy atom. The van der Waals surface area contributed by atoms with E-state index in [1.807, 2.05) is 0 Å². The first-order chi connectivity index (χ1) is 33.5. The van der Waals surface area contributed by atoms with Crippen molar-refractivity contribution < 1.29 is 24.5 Å². The van der Waals surface area contributed by atoms with Gasteiger partial charge < -0.3 is 20.3 Å². The van der Waals surface area contributed by atoms with Gasteiger partial charge in [-0.2, -0.15) is 0 Å². The third kappa shape index (κ3) is 53.9. The van der Waals surface area contributed by atoms with Crippen LogP contribution in [-0.2, 0) is 14.3 Å². The van der Waals surface area contributed by atoms with Gasteiger partial charge in [-0.3, -0.25) is 9.59 Å². The molecule has 0 saturated heterocycles. The van der Waals surface area contributed by atoms with E-state index in [9.17, 15) is 19.8 Å². The Kier molecular flexibility index (Phi) is 57.0. The molecule has 0 saturated carbocycles. The standard InChI is InChI=1S/C62H121NO5/c1-3-5-7-9-11-13-14-15-29-33-36-40-44-48-52-56-62(67)68-57-53-49-45-41-37-34-31-28-26-24-22-20-18-16-17-19-21-23-25-27-30-32-35-39-43-47-51-55-61(66)63-59(58-64)60(65)54-50-46-42-38-12-10-8-6-4-2/h16-17,59-60,64-65H,3-15,18-58H2,1-2H3,(H,63,66)/b17-16-. The monoisotopic (exact) mass is 960 g/mol. The SMILES string of the molecule is CCCCCCCCCCCCCCCCCC(=O)OCCCCCCCCCCCCCC/C=C\CCCCCCCCCCCCCC(=O)NC(CO)C(O)CCCCCCCCCCC. The number of esters is 1. The number of allylic oxidation sites excluding steroid dienone is 2. The van der Waals surface area contributed by atoms with Crippen molar-refractivity contribution in [2.45, 2.75) is 360 Å². The van der Waals surface area contributed by atoms with Crippen molar-refractivity contribution in [3.05, 3.63) is 12.2 Å². The molecule has 68 heavy (non-hydrogen) atoms. The first kappa shape index (κ1) is 66.6. The maximum Gasteiger partial charge on any atom is 0.305 e. The zero-order valence-electron chi connectivity index (χ0n) is 46.1. The summed E-state index contributed by atoms with van der Waals surface area (Å²) in [6.07, 6.45) is 69.5. The fourth-order valence-corrected chi connectivity index (χ4v) is 9.81. The lowest BCUT2D eigenvalue weighted by Gasteiger charge is -2.22. The highest BCUT2D eigenvalue weighted by molar-refractivity contribution is 5.76. The van der Waals surface area contributed by atoms with Gasteiger partial charge in [0.1, 0.15) is 0 Å². The van der Waals surface area contributed by atoms with Gasteiger partial charge in [-0.15, -0.1) is 0 Å². The number of amides is 1. The summed E-state index contributed by atoms with van der Waals surface area (Å²) in [6, 6.07) is -0.539. The molecule has 2 atom stereocenters. The first-order valence-corrected chi connectivity index (χ1v) is 30.9. The molecule has 0 aromatic carbocycles. The van der Waals surface area contributed by atoms with Crippen molar-refractivity contribution in [3.8, 4) is 0 Å². The molecule has 0 aliphatic heterocycles. The second-order valence-corrected chi connectivity index (χ2v) is 21.4. The molecule has 0 fully saturated rings. The fourth-order valence-electron chi connectivity index (χ4n) is 9.81. The predicted molar refractivity (Wildman–Crippen MR) is 297 cm³/mol. The van der Waals surface area contributed by atoms with Gasteiger partial charge in [0.25, 0.3) is 0 Å². The van der Waals surface area contributed by atoms with E-state index in [1.165, 1.54) is 276 Å². The molecule has 3 N–H and O–H groups in total. The molecule has 0 radical (unpaired) electrons. The van der Waals surface area contributed by atoms with Gasteiger partial charge in [0, 0.05) is 12.8 Å². The van der Waals surface area contributed by atoms with Gasteiger partial charge in [-0.25, -0.2) is 0 Å². The third-order valence-corrected chi connectivity index (χ3v) is 14.6. The minimum Gasteiger partial charge on any atom is -0.466 e. The summed E-state index contributed by atoms with van der Waals surface area (Å²) in [4.78, 5) is 24.5. The highest BCUT2D eigenvalue weighted by atomic mass is 16.5. The molecule has 0 aromatic heterocycles. The van der Waals surface area contributed by atoms with Gasteiger partial charge in [-0.1, -0.05) is 296 Å². The molecule has 6 heteroatoms.